The van der Waals surface area contributed by atoms with Crippen LogP contribution in [-0.4, -0.2) is 31.4 Å². The molecule has 4 rings (SSSR count). The maximum Gasteiger partial charge on any atom is 0.300 e. The molecule has 0 amide bonds. The fourth-order valence-electron chi connectivity index (χ4n) is 2.74. The molecule has 0 fully saturated rings. The van der Waals surface area contributed by atoms with E-state index in [9.17, 15) is 9.50 Å². The number of imidazole rings is 1. The van der Waals surface area contributed by atoms with Crippen molar-refractivity contribution in [1.82, 2.24) is 9.55 Å². The Bertz CT molecular complexity index is 1030. The number of nitrogens with zero attached hydrogens (tertiary/aromatic N) is 3. The number of halogens is 2. The molecule has 0 saturated heterocycles. The SMILES string of the molecule is CC(=O)O.OC1N=C(c2ccccc2F)c2cc(Br)ccc2-n2ccnc21. The quantitative estimate of drug-likeness (QED) is 0.614. The first-order chi connectivity index (χ1) is 12.9. The van der Waals surface area contributed by atoms with E-state index in [0.717, 1.165) is 22.6 Å². The number of aliphatic hydroxyl groups is 1. The zero-order valence-electron chi connectivity index (χ0n) is 14.2. The highest BCUT2D eigenvalue weighted by Gasteiger charge is 2.25. The molecule has 1 atom stereocenters. The fraction of sp³-hybridized carbons (Fsp3) is 0.105. The third kappa shape index (κ3) is 3.96. The lowest BCUT2D eigenvalue weighted by Gasteiger charge is -2.12. The van der Waals surface area contributed by atoms with Crippen molar-refractivity contribution in [1.29, 1.82) is 0 Å². The van der Waals surface area contributed by atoms with Crippen molar-refractivity contribution in [3.8, 4) is 5.69 Å². The summed E-state index contributed by atoms with van der Waals surface area (Å²) < 4.78 is 16.9. The van der Waals surface area contributed by atoms with Crippen LogP contribution < -0.4 is 0 Å². The van der Waals surface area contributed by atoms with Gasteiger partial charge in [0.1, 0.15) is 5.82 Å². The zero-order valence-corrected chi connectivity index (χ0v) is 15.8. The van der Waals surface area contributed by atoms with Crippen molar-refractivity contribution in [2.24, 2.45) is 4.99 Å². The summed E-state index contributed by atoms with van der Waals surface area (Å²) in [6, 6.07) is 12.0. The van der Waals surface area contributed by atoms with Crippen LogP contribution in [-0.2, 0) is 4.79 Å². The summed E-state index contributed by atoms with van der Waals surface area (Å²) in [5, 5.41) is 17.8. The molecular formula is C19H15BrFN3O3. The average Bonchev–Trinajstić information content (AvgIpc) is 3.06. The summed E-state index contributed by atoms with van der Waals surface area (Å²) in [5.74, 6) is -0.816. The number of carbonyl (C=O) groups is 1. The van der Waals surface area contributed by atoms with Gasteiger partial charge in [-0.1, -0.05) is 28.1 Å². The van der Waals surface area contributed by atoms with Gasteiger partial charge in [-0.3, -0.25) is 9.36 Å². The molecule has 3 aromatic rings. The van der Waals surface area contributed by atoms with E-state index in [-0.39, 0.29) is 5.82 Å². The van der Waals surface area contributed by atoms with Crippen molar-refractivity contribution in [2.75, 3.05) is 0 Å². The zero-order chi connectivity index (χ0) is 19.6. The van der Waals surface area contributed by atoms with Gasteiger partial charge in [0.15, 0.2) is 5.82 Å². The van der Waals surface area contributed by atoms with Crippen LogP contribution in [0, 0.1) is 5.82 Å². The summed E-state index contributed by atoms with van der Waals surface area (Å²) in [4.78, 5) is 17.5. The predicted octanol–water partition coefficient (Wildman–Crippen LogP) is 3.71. The Balaban J connectivity index is 0.000000481. The van der Waals surface area contributed by atoms with E-state index >= 15 is 0 Å². The van der Waals surface area contributed by atoms with Gasteiger partial charge >= 0.3 is 0 Å². The molecule has 0 radical (unpaired) electrons. The van der Waals surface area contributed by atoms with Crippen molar-refractivity contribution < 1.29 is 19.4 Å². The largest absolute Gasteiger partial charge is 0.481 e. The third-order valence-corrected chi connectivity index (χ3v) is 4.25. The average molecular weight is 432 g/mol. The number of aromatic nitrogens is 2. The van der Waals surface area contributed by atoms with Gasteiger partial charge in [-0.2, -0.15) is 0 Å². The fourth-order valence-corrected chi connectivity index (χ4v) is 3.10. The molecule has 0 aliphatic carbocycles. The molecule has 1 aliphatic rings. The lowest BCUT2D eigenvalue weighted by Crippen LogP contribution is -2.09. The normalized spacial score (nSPS) is 14.8. The molecule has 1 aliphatic heterocycles. The number of aliphatic carboxylic acids is 1. The smallest absolute Gasteiger partial charge is 0.300 e. The maximum absolute atomic E-state index is 14.3. The van der Waals surface area contributed by atoms with Gasteiger partial charge in [0.25, 0.3) is 5.97 Å². The van der Waals surface area contributed by atoms with E-state index in [1.807, 2.05) is 18.2 Å². The van der Waals surface area contributed by atoms with E-state index in [4.69, 9.17) is 9.90 Å². The highest BCUT2D eigenvalue weighted by atomic mass is 79.9. The predicted molar refractivity (Wildman–Crippen MR) is 102 cm³/mol. The minimum atomic E-state index is -1.16. The summed E-state index contributed by atoms with van der Waals surface area (Å²) >= 11 is 3.44. The number of aliphatic hydroxyl groups excluding tert-OH is 1. The highest BCUT2D eigenvalue weighted by Crippen LogP contribution is 2.31. The van der Waals surface area contributed by atoms with Crippen molar-refractivity contribution >= 4 is 27.6 Å². The third-order valence-electron chi connectivity index (χ3n) is 3.75. The minimum Gasteiger partial charge on any atom is -0.481 e. The summed E-state index contributed by atoms with van der Waals surface area (Å²) in [7, 11) is 0. The molecule has 2 heterocycles. The Labute approximate surface area is 162 Å². The van der Waals surface area contributed by atoms with Gasteiger partial charge in [0, 0.05) is 34.9 Å². The first kappa shape index (κ1) is 18.9. The Kier molecular flexibility index (Phi) is 5.48. The number of carboxylic acid groups (broad SMARTS) is 1. The van der Waals surface area contributed by atoms with Crippen LogP contribution in [0.25, 0.3) is 5.69 Å². The Morgan fingerprint density at radius 2 is 1.93 bits per heavy atom. The molecule has 0 spiro atoms. The van der Waals surface area contributed by atoms with Crippen molar-refractivity contribution in [3.05, 3.63) is 82.1 Å². The van der Waals surface area contributed by atoms with E-state index < -0.39 is 12.2 Å². The molecule has 0 bridgehead atoms. The van der Waals surface area contributed by atoms with E-state index in [0.29, 0.717) is 17.1 Å². The molecule has 2 N–H and O–H groups in total. The van der Waals surface area contributed by atoms with Gasteiger partial charge < -0.3 is 10.2 Å². The first-order valence-corrected chi connectivity index (χ1v) is 8.71. The van der Waals surface area contributed by atoms with Crippen molar-refractivity contribution in [2.45, 2.75) is 13.2 Å². The lowest BCUT2D eigenvalue weighted by atomic mass is 10.00. The second-order valence-corrected chi connectivity index (χ2v) is 6.58. The van der Waals surface area contributed by atoms with Crippen LogP contribution in [0.4, 0.5) is 4.39 Å². The van der Waals surface area contributed by atoms with E-state index in [2.05, 4.69) is 25.9 Å². The number of hydrogen-bond donors (Lipinski definition) is 2. The van der Waals surface area contributed by atoms with E-state index in [1.165, 1.54) is 6.07 Å². The van der Waals surface area contributed by atoms with Gasteiger partial charge in [-0.25, -0.2) is 14.4 Å². The van der Waals surface area contributed by atoms with Gasteiger partial charge in [0.2, 0.25) is 6.23 Å². The van der Waals surface area contributed by atoms with Crippen LogP contribution in [0.15, 0.2) is 64.3 Å². The topological polar surface area (TPSA) is 87.7 Å². The number of carboxylic acids is 1. The van der Waals surface area contributed by atoms with Gasteiger partial charge in [-0.05, 0) is 30.3 Å². The second-order valence-electron chi connectivity index (χ2n) is 5.67. The molecule has 27 heavy (non-hydrogen) atoms. The summed E-state index contributed by atoms with van der Waals surface area (Å²) in [6.45, 7) is 1.08. The van der Waals surface area contributed by atoms with Crippen LogP contribution in [0.2, 0.25) is 0 Å². The Hall–Kier alpha value is -2.84. The second kappa shape index (κ2) is 7.81. The highest BCUT2D eigenvalue weighted by molar-refractivity contribution is 9.10. The van der Waals surface area contributed by atoms with Crippen molar-refractivity contribution in [3.63, 3.8) is 0 Å². The molecule has 1 aromatic heterocycles. The van der Waals surface area contributed by atoms with Crippen LogP contribution >= 0.6 is 15.9 Å². The molecule has 0 saturated carbocycles. The lowest BCUT2D eigenvalue weighted by molar-refractivity contribution is -0.134. The summed E-state index contributed by atoms with van der Waals surface area (Å²) in [5.41, 5.74) is 2.26. The van der Waals surface area contributed by atoms with Gasteiger partial charge in [0.05, 0.1) is 11.4 Å². The molecule has 2 aromatic carbocycles. The van der Waals surface area contributed by atoms with Gasteiger partial charge in [-0.15, -0.1) is 0 Å². The van der Waals surface area contributed by atoms with E-state index in [1.54, 1.807) is 35.2 Å². The first-order valence-electron chi connectivity index (χ1n) is 7.92. The Morgan fingerprint density at radius 3 is 2.63 bits per heavy atom. The number of aliphatic imine (C=N–C) groups is 1. The number of hydrogen-bond acceptors (Lipinski definition) is 4. The molecule has 138 valence electrons. The standard InChI is InChI=1S/C17H11BrFN3O.C2H4O2/c18-10-5-6-14-12(9-10)15(11-3-1-2-4-13(11)19)21-17(23)16-20-7-8-22(14)16;1-2(3)4/h1-9,17,23H;1H3,(H,3,4). The minimum absolute atomic E-state index is 0.344. The molecular weight excluding hydrogens is 417 g/mol. The number of fused-ring (bicyclic) bond motifs is 3. The molecule has 1 unspecified atom stereocenters. The van der Waals surface area contributed by atoms with Crippen LogP contribution in [0.5, 0.6) is 0 Å². The van der Waals surface area contributed by atoms with Crippen LogP contribution in [0.1, 0.15) is 30.1 Å². The molecule has 6 nitrogen and oxygen atoms in total. The molecule has 8 heteroatoms. The monoisotopic (exact) mass is 431 g/mol. The van der Waals surface area contributed by atoms with Crippen LogP contribution in [0.3, 0.4) is 0 Å². The number of benzene rings is 2. The maximum atomic E-state index is 14.3. The summed E-state index contributed by atoms with van der Waals surface area (Å²) in [6.07, 6.45) is 2.20. The number of rotatable bonds is 1. The Morgan fingerprint density at radius 1 is 1.22 bits per heavy atom.